The molecule has 0 bridgehead atoms. The number of carboxylic acids is 1. The van der Waals surface area contributed by atoms with Gasteiger partial charge in [0.1, 0.15) is 12.3 Å². The zero-order valence-corrected chi connectivity index (χ0v) is 16.6. The summed E-state index contributed by atoms with van der Waals surface area (Å²) in [5.41, 5.74) is 1.34. The van der Waals surface area contributed by atoms with Crippen molar-refractivity contribution in [1.82, 2.24) is 5.32 Å². The SMILES string of the molecule is CCOc1cc(/C=C(/NC(C)=O)C(=O)O)ccc1OCc1ccccc1Br. The molecule has 0 radical (unpaired) electrons. The highest BCUT2D eigenvalue weighted by Crippen LogP contribution is 2.30. The van der Waals surface area contributed by atoms with Crippen LogP contribution < -0.4 is 14.8 Å². The van der Waals surface area contributed by atoms with Gasteiger partial charge < -0.3 is 19.9 Å². The molecule has 27 heavy (non-hydrogen) atoms. The van der Waals surface area contributed by atoms with Crippen LogP contribution in [-0.2, 0) is 16.2 Å². The van der Waals surface area contributed by atoms with Gasteiger partial charge in [-0.3, -0.25) is 4.79 Å². The quantitative estimate of drug-likeness (QED) is 0.614. The molecule has 1 amide bonds. The Morgan fingerprint density at radius 3 is 2.52 bits per heavy atom. The second kappa shape index (κ2) is 9.78. The van der Waals surface area contributed by atoms with Crippen molar-refractivity contribution in [2.24, 2.45) is 0 Å². The molecular formula is C20H20BrNO5. The number of hydrogen-bond acceptors (Lipinski definition) is 4. The van der Waals surface area contributed by atoms with E-state index in [-0.39, 0.29) is 5.70 Å². The summed E-state index contributed by atoms with van der Waals surface area (Å²) < 4.78 is 12.4. The zero-order chi connectivity index (χ0) is 19.8. The summed E-state index contributed by atoms with van der Waals surface area (Å²) in [4.78, 5) is 22.4. The first-order valence-corrected chi connectivity index (χ1v) is 9.05. The third-order valence-electron chi connectivity index (χ3n) is 3.46. The molecule has 0 aromatic heterocycles. The van der Waals surface area contributed by atoms with Crippen LogP contribution >= 0.6 is 15.9 Å². The van der Waals surface area contributed by atoms with Gasteiger partial charge in [0.2, 0.25) is 5.91 Å². The van der Waals surface area contributed by atoms with Crippen LogP contribution in [0, 0.1) is 0 Å². The first kappa shape index (κ1) is 20.5. The fourth-order valence-electron chi connectivity index (χ4n) is 2.28. The molecule has 6 nitrogen and oxygen atoms in total. The summed E-state index contributed by atoms with van der Waals surface area (Å²) in [6.07, 6.45) is 1.36. The minimum Gasteiger partial charge on any atom is -0.490 e. The smallest absolute Gasteiger partial charge is 0.352 e. The predicted molar refractivity (Wildman–Crippen MR) is 106 cm³/mol. The van der Waals surface area contributed by atoms with Gasteiger partial charge in [-0.05, 0) is 36.8 Å². The lowest BCUT2D eigenvalue weighted by molar-refractivity contribution is -0.134. The highest BCUT2D eigenvalue weighted by molar-refractivity contribution is 9.10. The maximum Gasteiger partial charge on any atom is 0.352 e. The van der Waals surface area contributed by atoms with Crippen LogP contribution in [0.4, 0.5) is 0 Å². The molecule has 0 unspecified atom stereocenters. The second-order valence-electron chi connectivity index (χ2n) is 5.56. The molecule has 0 fully saturated rings. The average molecular weight is 434 g/mol. The van der Waals surface area contributed by atoms with E-state index in [1.807, 2.05) is 31.2 Å². The summed E-state index contributed by atoms with van der Waals surface area (Å²) in [5.74, 6) is -0.647. The Morgan fingerprint density at radius 1 is 1.15 bits per heavy atom. The monoisotopic (exact) mass is 433 g/mol. The van der Waals surface area contributed by atoms with E-state index in [4.69, 9.17) is 9.47 Å². The highest BCUT2D eigenvalue weighted by atomic mass is 79.9. The van der Waals surface area contributed by atoms with Crippen molar-refractivity contribution in [3.8, 4) is 11.5 Å². The van der Waals surface area contributed by atoms with Gasteiger partial charge in [0.15, 0.2) is 11.5 Å². The number of aliphatic carboxylic acids is 1. The fraction of sp³-hybridized carbons (Fsp3) is 0.200. The predicted octanol–water partition coefficient (Wildman–Crippen LogP) is 3.99. The van der Waals surface area contributed by atoms with E-state index >= 15 is 0 Å². The molecular weight excluding hydrogens is 414 g/mol. The van der Waals surface area contributed by atoms with Crippen LogP contribution in [0.1, 0.15) is 25.0 Å². The van der Waals surface area contributed by atoms with E-state index < -0.39 is 11.9 Å². The van der Waals surface area contributed by atoms with Crippen LogP contribution in [0.3, 0.4) is 0 Å². The number of ether oxygens (including phenoxy) is 2. The number of nitrogens with one attached hydrogen (secondary N) is 1. The van der Waals surface area contributed by atoms with E-state index in [9.17, 15) is 14.7 Å². The maximum absolute atomic E-state index is 11.3. The van der Waals surface area contributed by atoms with Crippen molar-refractivity contribution in [2.45, 2.75) is 20.5 Å². The molecule has 0 saturated carbocycles. The number of amides is 1. The summed E-state index contributed by atoms with van der Waals surface area (Å²) >= 11 is 3.48. The van der Waals surface area contributed by atoms with E-state index in [0.717, 1.165) is 10.0 Å². The molecule has 0 aliphatic rings. The van der Waals surface area contributed by atoms with Crippen LogP contribution in [-0.4, -0.2) is 23.6 Å². The number of rotatable bonds is 8. The molecule has 7 heteroatoms. The molecule has 2 aromatic rings. The van der Waals surface area contributed by atoms with Crippen molar-refractivity contribution in [1.29, 1.82) is 0 Å². The zero-order valence-electron chi connectivity index (χ0n) is 15.0. The van der Waals surface area contributed by atoms with Gasteiger partial charge in [0.05, 0.1) is 6.61 Å². The fourth-order valence-corrected chi connectivity index (χ4v) is 2.68. The number of carbonyl (C=O) groups is 2. The Labute approximate surface area is 165 Å². The molecule has 0 heterocycles. The molecule has 2 rings (SSSR count). The molecule has 0 aliphatic heterocycles. The number of halogens is 1. The lowest BCUT2D eigenvalue weighted by Gasteiger charge is -2.13. The topological polar surface area (TPSA) is 84.9 Å². The summed E-state index contributed by atoms with van der Waals surface area (Å²) in [7, 11) is 0. The number of carboxylic acid groups (broad SMARTS) is 1. The van der Waals surface area contributed by atoms with E-state index in [1.165, 1.54) is 13.0 Å². The van der Waals surface area contributed by atoms with Crippen LogP contribution in [0.2, 0.25) is 0 Å². The number of carbonyl (C=O) groups excluding carboxylic acids is 1. The molecule has 0 spiro atoms. The minimum atomic E-state index is -1.22. The first-order chi connectivity index (χ1) is 12.9. The van der Waals surface area contributed by atoms with Crippen molar-refractivity contribution in [3.05, 3.63) is 63.8 Å². The highest BCUT2D eigenvalue weighted by Gasteiger charge is 2.11. The third kappa shape index (κ3) is 6.14. The van der Waals surface area contributed by atoms with Gasteiger partial charge in [-0.25, -0.2) is 4.79 Å². The van der Waals surface area contributed by atoms with E-state index in [2.05, 4.69) is 21.2 Å². The van der Waals surface area contributed by atoms with Gasteiger partial charge >= 0.3 is 5.97 Å². The second-order valence-corrected chi connectivity index (χ2v) is 6.42. The van der Waals surface area contributed by atoms with Crippen molar-refractivity contribution in [3.63, 3.8) is 0 Å². The van der Waals surface area contributed by atoms with Gasteiger partial charge in [0, 0.05) is 17.0 Å². The molecule has 142 valence electrons. The van der Waals surface area contributed by atoms with E-state index in [0.29, 0.717) is 30.3 Å². The standard InChI is InChI=1S/C20H20BrNO5/c1-3-26-19-11-14(10-17(20(24)25)22-13(2)23)8-9-18(19)27-12-15-6-4-5-7-16(15)21/h4-11H,3,12H2,1-2H3,(H,22,23)(H,24,25)/b17-10+. The van der Waals surface area contributed by atoms with Crippen LogP contribution in [0.25, 0.3) is 6.08 Å². The molecule has 0 atom stereocenters. The maximum atomic E-state index is 11.3. The van der Waals surface area contributed by atoms with Gasteiger partial charge in [-0.15, -0.1) is 0 Å². The van der Waals surface area contributed by atoms with Crippen molar-refractivity contribution >= 4 is 33.9 Å². The lowest BCUT2D eigenvalue weighted by Crippen LogP contribution is -2.24. The molecule has 0 saturated heterocycles. The summed E-state index contributed by atoms with van der Waals surface area (Å²) in [6, 6.07) is 12.8. The Hall–Kier alpha value is -2.80. The Kier molecular flexibility index (Phi) is 7.43. The van der Waals surface area contributed by atoms with Gasteiger partial charge in [-0.1, -0.05) is 40.2 Å². The number of hydrogen-bond donors (Lipinski definition) is 2. The average Bonchev–Trinajstić information content (AvgIpc) is 2.61. The number of benzene rings is 2. The molecule has 2 aromatic carbocycles. The Morgan fingerprint density at radius 2 is 1.89 bits per heavy atom. The van der Waals surface area contributed by atoms with Crippen LogP contribution in [0.5, 0.6) is 11.5 Å². The van der Waals surface area contributed by atoms with Crippen molar-refractivity contribution < 1.29 is 24.2 Å². The normalized spacial score (nSPS) is 11.0. The van der Waals surface area contributed by atoms with Crippen LogP contribution in [0.15, 0.2) is 52.6 Å². The van der Waals surface area contributed by atoms with Crippen molar-refractivity contribution in [2.75, 3.05) is 6.61 Å². The lowest BCUT2D eigenvalue weighted by atomic mass is 10.1. The largest absolute Gasteiger partial charge is 0.490 e. The Balaban J connectivity index is 2.26. The first-order valence-electron chi connectivity index (χ1n) is 8.26. The third-order valence-corrected chi connectivity index (χ3v) is 4.23. The van der Waals surface area contributed by atoms with Gasteiger partial charge in [-0.2, -0.15) is 0 Å². The van der Waals surface area contributed by atoms with Gasteiger partial charge in [0.25, 0.3) is 0 Å². The molecule has 0 aliphatic carbocycles. The minimum absolute atomic E-state index is 0.216. The summed E-state index contributed by atoms with van der Waals surface area (Å²) in [5, 5.41) is 11.5. The van der Waals surface area contributed by atoms with E-state index in [1.54, 1.807) is 18.2 Å². The Bertz CT molecular complexity index is 863. The molecule has 2 N–H and O–H groups in total. The summed E-state index contributed by atoms with van der Waals surface area (Å²) in [6.45, 7) is 3.88.